The molecule has 0 unspecified atom stereocenters. The predicted octanol–water partition coefficient (Wildman–Crippen LogP) is 5.98. The van der Waals surface area contributed by atoms with Gasteiger partial charge in [-0.25, -0.2) is 0 Å². The van der Waals surface area contributed by atoms with Gasteiger partial charge < -0.3 is 9.47 Å². The Bertz CT molecular complexity index is 1290. The van der Waals surface area contributed by atoms with Crippen LogP contribution in [0.25, 0.3) is 0 Å². The number of benzene rings is 4. The molecule has 4 aromatic carbocycles. The predicted molar refractivity (Wildman–Crippen MR) is 135 cm³/mol. The molecule has 0 spiro atoms. The number of ketones is 1. The standard InChI is InChI=1S/C29H24N2O3/c1-33-27-19-23(17-18-26(27)34-21-22-11-5-2-6-12-22)20-30-31-28(24-13-7-3-8-14-24)29(32)25-15-9-4-10-16-25/h2-20H,21H2,1H3/b30-20-,31-28-. The first kappa shape index (κ1) is 22.7. The Labute approximate surface area is 199 Å². The van der Waals surface area contributed by atoms with Gasteiger partial charge in [-0.05, 0) is 29.3 Å². The second-order valence-electron chi connectivity index (χ2n) is 7.44. The number of hydrogen-bond acceptors (Lipinski definition) is 5. The summed E-state index contributed by atoms with van der Waals surface area (Å²) in [5.74, 6) is 1.04. The highest BCUT2D eigenvalue weighted by atomic mass is 16.5. The molecular formula is C29H24N2O3. The van der Waals surface area contributed by atoms with Crippen LogP contribution in [0.4, 0.5) is 0 Å². The van der Waals surface area contributed by atoms with Crippen LogP contribution in [-0.2, 0) is 6.61 Å². The van der Waals surface area contributed by atoms with E-state index in [1.54, 1.807) is 25.5 Å². The lowest BCUT2D eigenvalue weighted by atomic mass is 10.0. The lowest BCUT2D eigenvalue weighted by Gasteiger charge is -2.11. The minimum absolute atomic E-state index is 0.189. The Hall–Kier alpha value is -4.51. The lowest BCUT2D eigenvalue weighted by molar-refractivity contribution is 0.106. The summed E-state index contributed by atoms with van der Waals surface area (Å²) in [5.41, 5.74) is 3.38. The third kappa shape index (κ3) is 5.84. The summed E-state index contributed by atoms with van der Waals surface area (Å²) in [6.45, 7) is 0.441. The number of ether oxygens (including phenoxy) is 2. The normalized spacial score (nSPS) is 11.4. The van der Waals surface area contributed by atoms with Gasteiger partial charge >= 0.3 is 0 Å². The second-order valence-corrected chi connectivity index (χ2v) is 7.44. The van der Waals surface area contributed by atoms with Gasteiger partial charge in [0.25, 0.3) is 0 Å². The fourth-order valence-corrected chi connectivity index (χ4v) is 3.33. The number of carbonyl (C=O) groups excluding carboxylic acids is 1. The van der Waals surface area contributed by atoms with Crippen molar-refractivity contribution in [1.29, 1.82) is 0 Å². The van der Waals surface area contributed by atoms with Crippen LogP contribution in [0.5, 0.6) is 11.5 Å². The molecule has 4 rings (SSSR count). The van der Waals surface area contributed by atoms with Gasteiger partial charge in [-0.1, -0.05) is 91.0 Å². The van der Waals surface area contributed by atoms with Crippen LogP contribution in [0.1, 0.15) is 27.0 Å². The Morgan fingerprint density at radius 3 is 2.03 bits per heavy atom. The quantitative estimate of drug-likeness (QED) is 0.180. The fourth-order valence-electron chi connectivity index (χ4n) is 3.33. The number of methoxy groups -OCH3 is 1. The van der Waals surface area contributed by atoms with Crippen molar-refractivity contribution >= 4 is 17.7 Å². The average molecular weight is 449 g/mol. The molecule has 0 fully saturated rings. The van der Waals surface area contributed by atoms with Crippen molar-refractivity contribution in [2.75, 3.05) is 7.11 Å². The zero-order valence-corrected chi connectivity index (χ0v) is 18.8. The molecule has 4 aromatic rings. The third-order valence-corrected chi connectivity index (χ3v) is 5.09. The number of rotatable bonds is 9. The van der Waals surface area contributed by atoms with Crippen molar-refractivity contribution in [3.8, 4) is 11.5 Å². The van der Waals surface area contributed by atoms with E-state index in [0.29, 0.717) is 29.2 Å². The maximum Gasteiger partial charge on any atom is 0.213 e. The Morgan fingerprint density at radius 1 is 0.765 bits per heavy atom. The average Bonchev–Trinajstić information content (AvgIpc) is 2.91. The van der Waals surface area contributed by atoms with Gasteiger partial charge in [0, 0.05) is 11.1 Å². The highest BCUT2D eigenvalue weighted by Crippen LogP contribution is 2.28. The molecule has 0 N–H and O–H groups in total. The van der Waals surface area contributed by atoms with E-state index in [-0.39, 0.29) is 11.5 Å². The van der Waals surface area contributed by atoms with Crippen molar-refractivity contribution in [2.24, 2.45) is 10.2 Å². The van der Waals surface area contributed by atoms with Crippen molar-refractivity contribution in [3.05, 3.63) is 131 Å². The van der Waals surface area contributed by atoms with Gasteiger partial charge in [-0.3, -0.25) is 4.79 Å². The number of nitrogens with zero attached hydrogens (tertiary/aromatic N) is 2. The molecule has 0 amide bonds. The molecule has 0 aliphatic heterocycles. The molecule has 5 nitrogen and oxygen atoms in total. The summed E-state index contributed by atoms with van der Waals surface area (Å²) >= 11 is 0. The molecule has 0 radical (unpaired) electrons. The Balaban J connectivity index is 1.55. The van der Waals surface area contributed by atoms with Crippen LogP contribution in [0.3, 0.4) is 0 Å². The smallest absolute Gasteiger partial charge is 0.213 e. The molecule has 0 aromatic heterocycles. The van der Waals surface area contributed by atoms with Crippen LogP contribution < -0.4 is 9.47 Å². The van der Waals surface area contributed by atoms with E-state index in [1.807, 2.05) is 97.1 Å². The summed E-state index contributed by atoms with van der Waals surface area (Å²) in [5, 5.41) is 8.49. The summed E-state index contributed by atoms with van der Waals surface area (Å²) in [7, 11) is 1.59. The summed E-state index contributed by atoms with van der Waals surface area (Å²) < 4.78 is 11.4. The van der Waals surface area contributed by atoms with Crippen molar-refractivity contribution in [3.63, 3.8) is 0 Å². The summed E-state index contributed by atoms with van der Waals surface area (Å²) in [6.07, 6.45) is 1.59. The second kappa shape index (κ2) is 11.4. The topological polar surface area (TPSA) is 60.2 Å². The van der Waals surface area contributed by atoms with Crippen LogP contribution in [-0.4, -0.2) is 24.8 Å². The Kier molecular flexibility index (Phi) is 7.59. The molecule has 0 aliphatic carbocycles. The molecule has 0 saturated heterocycles. The van der Waals surface area contributed by atoms with Crippen molar-refractivity contribution < 1.29 is 14.3 Å². The van der Waals surface area contributed by atoms with E-state index < -0.39 is 0 Å². The first-order valence-electron chi connectivity index (χ1n) is 10.9. The molecule has 34 heavy (non-hydrogen) atoms. The largest absolute Gasteiger partial charge is 0.493 e. The van der Waals surface area contributed by atoms with Crippen molar-refractivity contribution in [1.82, 2.24) is 0 Å². The molecule has 0 heterocycles. The SMILES string of the molecule is COc1cc(/C=N\N=C(/C(=O)c2ccccc2)c2ccccc2)ccc1OCc1ccccc1. The van der Waals surface area contributed by atoms with Crippen LogP contribution >= 0.6 is 0 Å². The zero-order chi connectivity index (χ0) is 23.6. The first-order valence-corrected chi connectivity index (χ1v) is 10.9. The zero-order valence-electron chi connectivity index (χ0n) is 18.8. The van der Waals surface area contributed by atoms with Crippen molar-refractivity contribution in [2.45, 2.75) is 6.61 Å². The minimum atomic E-state index is -0.189. The highest BCUT2D eigenvalue weighted by molar-refractivity contribution is 6.51. The third-order valence-electron chi connectivity index (χ3n) is 5.09. The molecular weight excluding hydrogens is 424 g/mol. The maximum absolute atomic E-state index is 13.1. The van der Waals surface area contributed by atoms with Crippen LogP contribution in [0, 0.1) is 0 Å². The molecule has 0 saturated carbocycles. The summed E-state index contributed by atoms with van der Waals surface area (Å²) in [6, 6.07) is 33.8. The first-order chi connectivity index (χ1) is 16.7. The summed E-state index contributed by atoms with van der Waals surface area (Å²) in [4.78, 5) is 13.1. The molecule has 5 heteroatoms. The number of hydrogen-bond donors (Lipinski definition) is 0. The van der Waals surface area contributed by atoms with E-state index in [4.69, 9.17) is 9.47 Å². The molecule has 0 atom stereocenters. The van der Waals surface area contributed by atoms with E-state index in [9.17, 15) is 4.79 Å². The van der Waals surface area contributed by atoms with Crippen LogP contribution in [0.15, 0.2) is 119 Å². The van der Waals surface area contributed by atoms with Gasteiger partial charge in [0.1, 0.15) is 12.3 Å². The molecule has 0 aliphatic rings. The van der Waals surface area contributed by atoms with E-state index >= 15 is 0 Å². The van der Waals surface area contributed by atoms with Gasteiger partial charge in [-0.2, -0.15) is 5.10 Å². The van der Waals surface area contributed by atoms with E-state index in [0.717, 1.165) is 11.1 Å². The minimum Gasteiger partial charge on any atom is -0.493 e. The van der Waals surface area contributed by atoms with Gasteiger partial charge in [-0.15, -0.1) is 5.10 Å². The fraction of sp³-hybridized carbons (Fsp3) is 0.0690. The van der Waals surface area contributed by atoms with Gasteiger partial charge in [0.2, 0.25) is 5.78 Å². The lowest BCUT2D eigenvalue weighted by Crippen LogP contribution is -2.15. The van der Waals surface area contributed by atoms with Gasteiger partial charge in [0.15, 0.2) is 11.5 Å². The molecule has 0 bridgehead atoms. The monoisotopic (exact) mass is 448 g/mol. The van der Waals surface area contributed by atoms with E-state index in [1.165, 1.54) is 0 Å². The van der Waals surface area contributed by atoms with Gasteiger partial charge in [0.05, 0.1) is 13.3 Å². The molecule has 168 valence electrons. The van der Waals surface area contributed by atoms with E-state index in [2.05, 4.69) is 10.2 Å². The highest BCUT2D eigenvalue weighted by Gasteiger charge is 2.16. The van der Waals surface area contributed by atoms with Crippen LogP contribution in [0.2, 0.25) is 0 Å². The number of Topliss-reactive ketones (excluding diaryl/α,β-unsaturated/α-hetero) is 1. The number of carbonyl (C=O) groups is 1. The Morgan fingerprint density at radius 2 is 1.38 bits per heavy atom. The maximum atomic E-state index is 13.1.